The Hall–Kier alpha value is -0.840. The van der Waals surface area contributed by atoms with E-state index in [1.807, 2.05) is 0 Å². The fraction of sp³-hybridized carbons (Fsp3) is 0.750. The summed E-state index contributed by atoms with van der Waals surface area (Å²) in [5, 5.41) is 3.61. The van der Waals surface area contributed by atoms with Crippen LogP contribution in [-0.4, -0.2) is 38.0 Å². The first-order valence-corrected chi connectivity index (χ1v) is 7.81. The summed E-state index contributed by atoms with van der Waals surface area (Å²) in [7, 11) is 1.70. The molecule has 1 aromatic rings. The molecular formula is C16H28N2O2. The van der Waals surface area contributed by atoms with E-state index in [-0.39, 0.29) is 0 Å². The lowest BCUT2D eigenvalue weighted by atomic mass is 10.1. The maximum atomic E-state index is 5.49. The number of hydrogen-bond acceptors (Lipinski definition) is 3. The molecule has 0 radical (unpaired) electrons. The second-order valence-corrected chi connectivity index (χ2v) is 5.51. The van der Waals surface area contributed by atoms with Crippen molar-refractivity contribution in [3.63, 3.8) is 0 Å². The predicted octanol–water partition coefficient (Wildman–Crippen LogP) is 2.60. The molecule has 1 unspecified atom stereocenters. The van der Waals surface area contributed by atoms with Crippen LogP contribution in [0.25, 0.3) is 0 Å². The molecule has 1 aliphatic rings. The summed E-state index contributed by atoms with van der Waals surface area (Å²) in [6, 6.07) is 2.82. The van der Waals surface area contributed by atoms with Gasteiger partial charge >= 0.3 is 0 Å². The maximum Gasteiger partial charge on any atom is 0.0700 e. The summed E-state index contributed by atoms with van der Waals surface area (Å²) in [6.07, 6.45) is 8.28. The van der Waals surface area contributed by atoms with E-state index < -0.39 is 0 Å². The number of hydrogen-bond donors (Lipinski definition) is 1. The lowest BCUT2D eigenvalue weighted by Gasteiger charge is -2.15. The molecule has 1 aromatic heterocycles. The number of aryl methyl sites for hydroxylation is 1. The number of methoxy groups -OCH3 is 1. The van der Waals surface area contributed by atoms with Gasteiger partial charge in [-0.2, -0.15) is 0 Å². The van der Waals surface area contributed by atoms with Crippen molar-refractivity contribution >= 4 is 0 Å². The minimum Gasteiger partial charge on any atom is -0.382 e. The third-order valence-corrected chi connectivity index (χ3v) is 3.79. The molecule has 0 spiro atoms. The molecule has 1 heterocycles. The van der Waals surface area contributed by atoms with Gasteiger partial charge in [-0.05, 0) is 43.4 Å². The van der Waals surface area contributed by atoms with Crippen LogP contribution in [0.1, 0.15) is 37.8 Å². The van der Waals surface area contributed by atoms with Gasteiger partial charge in [0, 0.05) is 38.7 Å². The fourth-order valence-electron chi connectivity index (χ4n) is 2.58. The predicted molar refractivity (Wildman–Crippen MR) is 80.9 cm³/mol. The van der Waals surface area contributed by atoms with Gasteiger partial charge in [0.1, 0.15) is 0 Å². The second-order valence-electron chi connectivity index (χ2n) is 5.51. The average molecular weight is 280 g/mol. The minimum absolute atomic E-state index is 0.555. The SMILES string of the molecule is CCNC(c1ccn(CCCOCCOC)c1)C1CC1. The normalized spacial score (nSPS) is 16.5. The molecule has 0 bridgehead atoms. The van der Waals surface area contributed by atoms with Crippen LogP contribution in [0.15, 0.2) is 18.5 Å². The molecule has 0 amide bonds. The van der Waals surface area contributed by atoms with Gasteiger partial charge in [0.05, 0.1) is 13.2 Å². The van der Waals surface area contributed by atoms with Crippen LogP contribution in [-0.2, 0) is 16.0 Å². The second kappa shape index (κ2) is 8.45. The molecule has 4 heteroatoms. The van der Waals surface area contributed by atoms with Gasteiger partial charge in [-0.1, -0.05) is 6.92 Å². The van der Waals surface area contributed by atoms with Crippen molar-refractivity contribution in [2.75, 3.05) is 33.5 Å². The number of rotatable bonds is 11. The molecule has 2 rings (SSSR count). The Morgan fingerprint density at radius 2 is 2.20 bits per heavy atom. The summed E-state index contributed by atoms with van der Waals surface area (Å²) in [5.74, 6) is 0.850. The quantitative estimate of drug-likeness (QED) is 0.633. The smallest absolute Gasteiger partial charge is 0.0700 e. The zero-order valence-corrected chi connectivity index (χ0v) is 12.8. The molecule has 1 fully saturated rings. The van der Waals surface area contributed by atoms with Crippen LogP contribution in [0.2, 0.25) is 0 Å². The number of nitrogens with zero attached hydrogens (tertiary/aromatic N) is 1. The molecule has 0 saturated heterocycles. The molecule has 20 heavy (non-hydrogen) atoms. The maximum absolute atomic E-state index is 5.49. The minimum atomic E-state index is 0.555. The molecule has 1 N–H and O–H groups in total. The fourth-order valence-corrected chi connectivity index (χ4v) is 2.58. The molecule has 0 aromatic carbocycles. The lowest BCUT2D eigenvalue weighted by molar-refractivity contribution is 0.0680. The summed E-state index contributed by atoms with van der Waals surface area (Å²) < 4.78 is 12.7. The Bertz CT molecular complexity index is 374. The van der Waals surface area contributed by atoms with E-state index in [4.69, 9.17) is 9.47 Å². The Labute approximate surface area is 122 Å². The van der Waals surface area contributed by atoms with Crippen molar-refractivity contribution in [3.8, 4) is 0 Å². The highest BCUT2D eigenvalue weighted by Crippen LogP contribution is 2.40. The summed E-state index contributed by atoms with van der Waals surface area (Å²) in [5.41, 5.74) is 1.44. The van der Waals surface area contributed by atoms with E-state index in [2.05, 4.69) is 35.3 Å². The van der Waals surface area contributed by atoms with Crippen molar-refractivity contribution in [2.24, 2.45) is 5.92 Å². The monoisotopic (exact) mass is 280 g/mol. The average Bonchev–Trinajstić information content (AvgIpc) is 3.19. The molecule has 4 nitrogen and oxygen atoms in total. The van der Waals surface area contributed by atoms with E-state index >= 15 is 0 Å². The van der Waals surface area contributed by atoms with Gasteiger partial charge in [-0.15, -0.1) is 0 Å². The van der Waals surface area contributed by atoms with Crippen molar-refractivity contribution in [3.05, 3.63) is 24.0 Å². The van der Waals surface area contributed by atoms with E-state index in [0.717, 1.165) is 32.0 Å². The van der Waals surface area contributed by atoms with E-state index in [1.54, 1.807) is 7.11 Å². The van der Waals surface area contributed by atoms with Gasteiger partial charge < -0.3 is 19.4 Å². The first-order chi connectivity index (χ1) is 9.85. The third-order valence-electron chi connectivity index (χ3n) is 3.79. The first-order valence-electron chi connectivity index (χ1n) is 7.81. The highest BCUT2D eigenvalue weighted by atomic mass is 16.5. The van der Waals surface area contributed by atoms with Gasteiger partial charge in [0.25, 0.3) is 0 Å². The van der Waals surface area contributed by atoms with Gasteiger partial charge in [0.2, 0.25) is 0 Å². The number of nitrogens with one attached hydrogen (secondary N) is 1. The van der Waals surface area contributed by atoms with Crippen LogP contribution in [0, 0.1) is 5.92 Å². The summed E-state index contributed by atoms with van der Waals surface area (Å²) in [4.78, 5) is 0. The largest absolute Gasteiger partial charge is 0.382 e. The molecule has 1 saturated carbocycles. The Morgan fingerprint density at radius 1 is 1.35 bits per heavy atom. The summed E-state index contributed by atoms with van der Waals surface area (Å²) >= 11 is 0. The highest BCUT2D eigenvalue weighted by Gasteiger charge is 2.31. The Kier molecular flexibility index (Phi) is 6.57. The zero-order valence-electron chi connectivity index (χ0n) is 12.8. The molecule has 1 atom stereocenters. The van der Waals surface area contributed by atoms with E-state index in [1.165, 1.54) is 18.4 Å². The van der Waals surface area contributed by atoms with Crippen LogP contribution in [0.4, 0.5) is 0 Å². The third kappa shape index (κ3) is 4.93. The van der Waals surface area contributed by atoms with Crippen LogP contribution in [0.3, 0.4) is 0 Å². The topological polar surface area (TPSA) is 35.4 Å². The molecular weight excluding hydrogens is 252 g/mol. The van der Waals surface area contributed by atoms with Crippen molar-refractivity contribution in [1.29, 1.82) is 0 Å². The number of ether oxygens (including phenoxy) is 2. The van der Waals surface area contributed by atoms with Crippen LogP contribution < -0.4 is 5.32 Å². The van der Waals surface area contributed by atoms with Gasteiger partial charge in [0.15, 0.2) is 0 Å². The van der Waals surface area contributed by atoms with Gasteiger partial charge in [-0.25, -0.2) is 0 Å². The highest BCUT2D eigenvalue weighted by molar-refractivity contribution is 5.18. The Balaban J connectivity index is 1.71. The Morgan fingerprint density at radius 3 is 2.90 bits per heavy atom. The van der Waals surface area contributed by atoms with Crippen LogP contribution >= 0.6 is 0 Å². The zero-order chi connectivity index (χ0) is 14.2. The molecule has 0 aliphatic heterocycles. The van der Waals surface area contributed by atoms with E-state index in [0.29, 0.717) is 19.3 Å². The summed E-state index contributed by atoms with van der Waals surface area (Å²) in [6.45, 7) is 6.42. The molecule has 114 valence electrons. The first kappa shape index (κ1) is 15.5. The van der Waals surface area contributed by atoms with Crippen molar-refractivity contribution in [2.45, 2.75) is 38.8 Å². The molecule has 1 aliphatic carbocycles. The van der Waals surface area contributed by atoms with Crippen LogP contribution in [0.5, 0.6) is 0 Å². The van der Waals surface area contributed by atoms with Crippen molar-refractivity contribution < 1.29 is 9.47 Å². The standard InChI is InChI=1S/C16H28N2O2/c1-3-17-16(14-5-6-14)15-7-9-18(13-15)8-4-10-20-12-11-19-2/h7,9,13-14,16-17H,3-6,8,10-12H2,1-2H3. The lowest BCUT2D eigenvalue weighted by Crippen LogP contribution is -2.22. The van der Waals surface area contributed by atoms with Gasteiger partial charge in [-0.3, -0.25) is 0 Å². The number of aromatic nitrogens is 1. The van der Waals surface area contributed by atoms with E-state index in [9.17, 15) is 0 Å². The van der Waals surface area contributed by atoms with Crippen molar-refractivity contribution in [1.82, 2.24) is 9.88 Å².